The summed E-state index contributed by atoms with van der Waals surface area (Å²) < 4.78 is 11.2. The lowest BCUT2D eigenvalue weighted by Crippen LogP contribution is -1.97. The SMILES string of the molecule is Cc1ccccc1COc1cccc(-c2noc(-c3cccc([N+](=O)[O-])c3)n2)c1. The molecule has 4 rings (SSSR count). The summed E-state index contributed by atoms with van der Waals surface area (Å²) in [5, 5.41) is 15.0. The summed E-state index contributed by atoms with van der Waals surface area (Å²) in [6, 6.07) is 21.5. The van der Waals surface area contributed by atoms with Gasteiger partial charge in [-0.2, -0.15) is 4.98 Å². The van der Waals surface area contributed by atoms with Gasteiger partial charge in [0.25, 0.3) is 11.6 Å². The van der Waals surface area contributed by atoms with E-state index in [1.54, 1.807) is 12.1 Å². The van der Waals surface area contributed by atoms with E-state index in [1.165, 1.54) is 17.7 Å². The molecule has 0 saturated carbocycles. The van der Waals surface area contributed by atoms with Gasteiger partial charge >= 0.3 is 0 Å². The van der Waals surface area contributed by atoms with Gasteiger partial charge in [0.2, 0.25) is 5.82 Å². The Balaban J connectivity index is 1.54. The summed E-state index contributed by atoms with van der Waals surface area (Å²) in [5.41, 5.74) is 3.47. The monoisotopic (exact) mass is 387 g/mol. The van der Waals surface area contributed by atoms with Crippen molar-refractivity contribution < 1.29 is 14.2 Å². The Kier molecular flexibility index (Phi) is 5.03. The minimum Gasteiger partial charge on any atom is -0.489 e. The molecule has 0 amide bonds. The van der Waals surface area contributed by atoms with Crippen LogP contribution in [-0.2, 0) is 6.61 Å². The van der Waals surface area contributed by atoms with Gasteiger partial charge in [-0.05, 0) is 36.2 Å². The van der Waals surface area contributed by atoms with E-state index in [0.29, 0.717) is 23.7 Å². The lowest BCUT2D eigenvalue weighted by Gasteiger charge is -2.09. The molecule has 0 spiro atoms. The van der Waals surface area contributed by atoms with Crippen LogP contribution in [0.2, 0.25) is 0 Å². The van der Waals surface area contributed by atoms with Gasteiger partial charge in [0.15, 0.2) is 0 Å². The molecule has 0 atom stereocenters. The molecule has 7 nitrogen and oxygen atoms in total. The zero-order chi connectivity index (χ0) is 20.2. The maximum absolute atomic E-state index is 11.0. The molecule has 7 heteroatoms. The Morgan fingerprint density at radius 2 is 1.79 bits per heavy atom. The van der Waals surface area contributed by atoms with E-state index in [-0.39, 0.29) is 11.6 Å². The Labute approximate surface area is 166 Å². The van der Waals surface area contributed by atoms with Crippen LogP contribution >= 0.6 is 0 Å². The zero-order valence-corrected chi connectivity index (χ0v) is 15.6. The lowest BCUT2D eigenvalue weighted by molar-refractivity contribution is -0.384. The molecule has 0 saturated heterocycles. The van der Waals surface area contributed by atoms with Crippen LogP contribution in [0.4, 0.5) is 5.69 Å². The van der Waals surface area contributed by atoms with Crippen molar-refractivity contribution in [2.45, 2.75) is 13.5 Å². The average molecular weight is 387 g/mol. The Morgan fingerprint density at radius 1 is 1.00 bits per heavy atom. The minimum absolute atomic E-state index is 0.0335. The Morgan fingerprint density at radius 3 is 2.62 bits per heavy atom. The van der Waals surface area contributed by atoms with Gasteiger partial charge in [0, 0.05) is 23.3 Å². The third-order valence-electron chi connectivity index (χ3n) is 4.48. The number of benzene rings is 3. The number of nitrogens with zero attached hydrogens (tertiary/aromatic N) is 3. The molecule has 0 aliphatic rings. The number of aromatic nitrogens is 2. The molecule has 144 valence electrons. The van der Waals surface area contributed by atoms with Gasteiger partial charge in [-0.25, -0.2) is 0 Å². The summed E-state index contributed by atoms with van der Waals surface area (Å²) in [5.74, 6) is 1.29. The Hall–Kier alpha value is -4.00. The second-order valence-electron chi connectivity index (χ2n) is 6.47. The fourth-order valence-corrected chi connectivity index (χ4v) is 2.87. The van der Waals surface area contributed by atoms with Crippen LogP contribution in [0.1, 0.15) is 11.1 Å². The fraction of sp³-hybridized carbons (Fsp3) is 0.0909. The van der Waals surface area contributed by atoms with Gasteiger partial charge in [0.05, 0.1) is 4.92 Å². The zero-order valence-electron chi connectivity index (χ0n) is 15.6. The van der Waals surface area contributed by atoms with Crippen molar-refractivity contribution in [1.29, 1.82) is 0 Å². The van der Waals surface area contributed by atoms with E-state index >= 15 is 0 Å². The Bertz CT molecular complexity index is 1170. The van der Waals surface area contributed by atoms with Crippen molar-refractivity contribution in [2.75, 3.05) is 0 Å². The van der Waals surface area contributed by atoms with E-state index in [1.807, 2.05) is 55.5 Å². The molecule has 0 fully saturated rings. The predicted molar refractivity (Wildman–Crippen MR) is 107 cm³/mol. The van der Waals surface area contributed by atoms with Crippen molar-refractivity contribution in [2.24, 2.45) is 0 Å². The normalized spacial score (nSPS) is 10.7. The second-order valence-corrected chi connectivity index (χ2v) is 6.47. The number of ether oxygens (including phenoxy) is 1. The summed E-state index contributed by atoms with van der Waals surface area (Å²) in [6.07, 6.45) is 0. The van der Waals surface area contributed by atoms with E-state index in [9.17, 15) is 10.1 Å². The minimum atomic E-state index is -0.462. The van der Waals surface area contributed by atoms with Crippen molar-refractivity contribution in [3.8, 4) is 28.6 Å². The standard InChI is InChI=1S/C22H17N3O4/c1-15-6-2-3-7-18(15)14-28-20-11-5-8-16(13-20)21-23-22(29-24-21)17-9-4-10-19(12-17)25(26)27/h2-13H,14H2,1H3. The first-order valence-electron chi connectivity index (χ1n) is 8.96. The molecule has 0 unspecified atom stereocenters. The summed E-state index contributed by atoms with van der Waals surface area (Å²) in [7, 11) is 0. The molecule has 0 bridgehead atoms. The molecule has 0 N–H and O–H groups in total. The number of non-ortho nitro benzene ring substituents is 1. The second kappa shape index (κ2) is 7.93. The third-order valence-corrected chi connectivity index (χ3v) is 4.48. The first kappa shape index (κ1) is 18.4. The third kappa shape index (κ3) is 4.14. The maximum Gasteiger partial charge on any atom is 0.270 e. The van der Waals surface area contributed by atoms with Crippen LogP contribution in [0.25, 0.3) is 22.8 Å². The van der Waals surface area contributed by atoms with Crippen molar-refractivity contribution >= 4 is 5.69 Å². The topological polar surface area (TPSA) is 91.3 Å². The molecule has 4 aromatic rings. The smallest absolute Gasteiger partial charge is 0.270 e. The summed E-state index contributed by atoms with van der Waals surface area (Å²) >= 11 is 0. The molecule has 0 aliphatic heterocycles. The quantitative estimate of drug-likeness (QED) is 0.334. The van der Waals surface area contributed by atoms with E-state index in [2.05, 4.69) is 10.1 Å². The van der Waals surface area contributed by atoms with Crippen LogP contribution in [0.15, 0.2) is 77.3 Å². The number of nitro groups is 1. The van der Waals surface area contributed by atoms with Crippen molar-refractivity contribution in [3.63, 3.8) is 0 Å². The molecule has 1 aromatic heterocycles. The molecule has 0 aliphatic carbocycles. The van der Waals surface area contributed by atoms with Gasteiger partial charge in [0.1, 0.15) is 12.4 Å². The molecule has 0 radical (unpaired) electrons. The number of rotatable bonds is 6. The van der Waals surface area contributed by atoms with E-state index < -0.39 is 4.92 Å². The highest BCUT2D eigenvalue weighted by Crippen LogP contribution is 2.27. The molecular weight excluding hydrogens is 370 g/mol. The van der Waals surface area contributed by atoms with Crippen molar-refractivity contribution in [3.05, 3.63) is 94.0 Å². The van der Waals surface area contributed by atoms with E-state index in [4.69, 9.17) is 9.26 Å². The highest BCUT2D eigenvalue weighted by molar-refractivity contribution is 5.62. The lowest BCUT2D eigenvalue weighted by atomic mass is 10.1. The van der Waals surface area contributed by atoms with Crippen LogP contribution in [0.5, 0.6) is 5.75 Å². The maximum atomic E-state index is 11.0. The van der Waals surface area contributed by atoms with Gasteiger partial charge < -0.3 is 9.26 Å². The number of nitro benzene ring substituents is 1. The van der Waals surface area contributed by atoms with Crippen LogP contribution in [-0.4, -0.2) is 15.1 Å². The number of hydrogen-bond donors (Lipinski definition) is 0. The average Bonchev–Trinajstić information content (AvgIpc) is 3.24. The predicted octanol–water partition coefficient (Wildman–Crippen LogP) is 5.20. The summed E-state index contributed by atoms with van der Waals surface area (Å²) in [6.45, 7) is 2.51. The largest absolute Gasteiger partial charge is 0.489 e. The number of hydrogen-bond acceptors (Lipinski definition) is 6. The van der Waals surface area contributed by atoms with Crippen LogP contribution in [0.3, 0.4) is 0 Å². The highest BCUT2D eigenvalue weighted by atomic mass is 16.6. The van der Waals surface area contributed by atoms with E-state index in [0.717, 1.165) is 11.1 Å². The fourth-order valence-electron chi connectivity index (χ4n) is 2.87. The highest BCUT2D eigenvalue weighted by Gasteiger charge is 2.14. The molecular formula is C22H17N3O4. The van der Waals surface area contributed by atoms with Gasteiger partial charge in [-0.3, -0.25) is 10.1 Å². The molecule has 3 aromatic carbocycles. The van der Waals surface area contributed by atoms with Gasteiger partial charge in [-0.15, -0.1) is 0 Å². The summed E-state index contributed by atoms with van der Waals surface area (Å²) in [4.78, 5) is 14.9. The first-order valence-corrected chi connectivity index (χ1v) is 8.96. The number of aryl methyl sites for hydroxylation is 1. The first-order chi connectivity index (χ1) is 14.1. The van der Waals surface area contributed by atoms with Crippen molar-refractivity contribution in [1.82, 2.24) is 10.1 Å². The van der Waals surface area contributed by atoms with Crippen LogP contribution in [0, 0.1) is 17.0 Å². The van der Waals surface area contributed by atoms with Crippen LogP contribution < -0.4 is 4.74 Å². The molecule has 1 heterocycles. The van der Waals surface area contributed by atoms with Gasteiger partial charge in [-0.1, -0.05) is 47.6 Å². The molecule has 29 heavy (non-hydrogen) atoms.